The van der Waals surface area contributed by atoms with E-state index in [9.17, 15) is 4.79 Å². The smallest absolute Gasteiger partial charge is 0.239 e. The lowest BCUT2D eigenvalue weighted by Gasteiger charge is -2.35. The van der Waals surface area contributed by atoms with E-state index in [4.69, 9.17) is 4.52 Å². The molecule has 1 aliphatic heterocycles. The van der Waals surface area contributed by atoms with Gasteiger partial charge in [-0.2, -0.15) is 10.1 Å². The minimum atomic E-state index is -0.0468. The molecular formula is C22H29N7O2. The van der Waals surface area contributed by atoms with Crippen molar-refractivity contribution in [2.24, 2.45) is 11.8 Å². The van der Waals surface area contributed by atoms with E-state index in [-0.39, 0.29) is 12.3 Å². The van der Waals surface area contributed by atoms with Gasteiger partial charge in [0.15, 0.2) is 5.82 Å². The van der Waals surface area contributed by atoms with Gasteiger partial charge in [-0.1, -0.05) is 43.3 Å². The lowest BCUT2D eigenvalue weighted by Crippen LogP contribution is -2.38. The highest BCUT2D eigenvalue weighted by atomic mass is 16.5. The van der Waals surface area contributed by atoms with Gasteiger partial charge < -0.3 is 9.84 Å². The number of aromatic nitrogens is 5. The minimum Gasteiger partial charge on any atom is -0.352 e. The van der Waals surface area contributed by atoms with Crippen molar-refractivity contribution in [3.05, 3.63) is 47.6 Å². The van der Waals surface area contributed by atoms with E-state index in [1.807, 2.05) is 6.07 Å². The molecule has 0 spiro atoms. The van der Waals surface area contributed by atoms with Crippen LogP contribution in [0.1, 0.15) is 43.7 Å². The number of aromatic amines is 1. The topological polar surface area (TPSA) is 113 Å². The van der Waals surface area contributed by atoms with Gasteiger partial charge in [-0.25, -0.2) is 4.98 Å². The zero-order valence-corrected chi connectivity index (χ0v) is 18.0. The number of benzene rings is 1. The molecule has 1 amide bonds. The molecule has 2 N–H and O–H groups in total. The highest BCUT2D eigenvalue weighted by Crippen LogP contribution is 2.23. The molecule has 1 aromatic carbocycles. The number of carbonyl (C=O) groups excluding carboxylic acids is 1. The molecule has 0 unspecified atom stereocenters. The van der Waals surface area contributed by atoms with Crippen LogP contribution in [0.2, 0.25) is 0 Å². The van der Waals surface area contributed by atoms with Gasteiger partial charge in [-0.05, 0) is 29.4 Å². The summed E-state index contributed by atoms with van der Waals surface area (Å²) in [5, 5.41) is 13.3. The van der Waals surface area contributed by atoms with Crippen LogP contribution in [0.4, 0.5) is 0 Å². The Morgan fingerprint density at radius 1 is 1.23 bits per heavy atom. The van der Waals surface area contributed by atoms with Crippen molar-refractivity contribution in [3.63, 3.8) is 0 Å². The molecule has 9 heteroatoms. The average Bonchev–Trinajstić information content (AvgIpc) is 3.42. The monoisotopic (exact) mass is 423 g/mol. The maximum absolute atomic E-state index is 12.4. The summed E-state index contributed by atoms with van der Waals surface area (Å²) < 4.78 is 5.19. The third kappa shape index (κ3) is 5.75. The van der Waals surface area contributed by atoms with Crippen LogP contribution in [0.5, 0.6) is 0 Å². The molecule has 1 fully saturated rings. The third-order valence-corrected chi connectivity index (χ3v) is 5.59. The first-order valence-electron chi connectivity index (χ1n) is 10.8. The van der Waals surface area contributed by atoms with Crippen molar-refractivity contribution < 1.29 is 9.32 Å². The summed E-state index contributed by atoms with van der Waals surface area (Å²) in [6, 6.07) is 8.35. The molecule has 31 heavy (non-hydrogen) atoms. The molecule has 2 atom stereocenters. The number of hydrogen-bond donors (Lipinski definition) is 2. The highest BCUT2D eigenvalue weighted by Gasteiger charge is 2.22. The van der Waals surface area contributed by atoms with E-state index >= 15 is 0 Å². The number of nitrogens with one attached hydrogen (secondary N) is 2. The summed E-state index contributed by atoms with van der Waals surface area (Å²) in [5.41, 5.74) is 2.44. The second-order valence-electron chi connectivity index (χ2n) is 8.53. The fourth-order valence-electron chi connectivity index (χ4n) is 4.31. The van der Waals surface area contributed by atoms with E-state index in [1.54, 1.807) is 0 Å². The van der Waals surface area contributed by atoms with Gasteiger partial charge in [0.1, 0.15) is 6.33 Å². The third-order valence-electron chi connectivity index (χ3n) is 5.59. The Hall–Kier alpha value is -3.07. The normalized spacial score (nSPS) is 19.4. The molecule has 1 saturated heterocycles. The maximum Gasteiger partial charge on any atom is 0.239 e. The number of H-pyrrole nitrogens is 1. The summed E-state index contributed by atoms with van der Waals surface area (Å²) in [5.74, 6) is 2.58. The Bertz CT molecular complexity index is 975. The fraction of sp³-hybridized carbons (Fsp3) is 0.500. The number of aryl methyl sites for hydroxylation is 1. The summed E-state index contributed by atoms with van der Waals surface area (Å²) in [4.78, 5) is 23.1. The maximum atomic E-state index is 12.4. The van der Waals surface area contributed by atoms with Gasteiger partial charge in [0.2, 0.25) is 17.6 Å². The standard InChI is InChI=1S/C22H29N7O2/c1-15-9-16(2)12-29(11-15)13-18-6-4-3-5-17(18)10-23-19(30)7-8-20-26-22(28-31-20)21-24-14-25-27-21/h3-6,14-16H,7-13H2,1-2H3,(H,23,30)(H,24,25,27)/t15-,16-/m0/s1. The van der Waals surface area contributed by atoms with Crippen LogP contribution in [0, 0.1) is 11.8 Å². The molecule has 0 bridgehead atoms. The first-order chi connectivity index (χ1) is 15.1. The lowest BCUT2D eigenvalue weighted by atomic mass is 9.91. The molecule has 3 aromatic rings. The van der Waals surface area contributed by atoms with Crippen LogP contribution in [0.3, 0.4) is 0 Å². The molecule has 9 nitrogen and oxygen atoms in total. The number of hydrogen-bond acceptors (Lipinski definition) is 7. The van der Waals surface area contributed by atoms with Crippen molar-refractivity contribution in [2.75, 3.05) is 13.1 Å². The van der Waals surface area contributed by atoms with Crippen molar-refractivity contribution in [3.8, 4) is 11.6 Å². The fourth-order valence-corrected chi connectivity index (χ4v) is 4.31. The van der Waals surface area contributed by atoms with Crippen LogP contribution >= 0.6 is 0 Å². The Morgan fingerprint density at radius 3 is 2.74 bits per heavy atom. The van der Waals surface area contributed by atoms with Gasteiger partial charge in [0.05, 0.1) is 0 Å². The highest BCUT2D eigenvalue weighted by molar-refractivity contribution is 5.76. The SMILES string of the molecule is C[C@H]1C[C@H](C)CN(Cc2ccccc2CNC(=O)CCc2nc(-c3ncn[nH]3)no2)C1. The predicted molar refractivity (Wildman–Crippen MR) is 115 cm³/mol. The Kier molecular flexibility index (Phi) is 6.71. The number of piperidine rings is 1. The van der Waals surface area contributed by atoms with E-state index in [1.165, 1.54) is 18.3 Å². The van der Waals surface area contributed by atoms with E-state index in [0.717, 1.165) is 37.0 Å². The first kappa shape index (κ1) is 21.2. The van der Waals surface area contributed by atoms with E-state index < -0.39 is 0 Å². The molecule has 4 rings (SSSR count). The van der Waals surface area contributed by atoms with Gasteiger partial charge >= 0.3 is 0 Å². The van der Waals surface area contributed by atoms with Crippen LogP contribution in [0.25, 0.3) is 11.6 Å². The molecule has 1 aliphatic rings. The number of carbonyl (C=O) groups is 1. The number of rotatable bonds is 8. The van der Waals surface area contributed by atoms with E-state index in [2.05, 4.69) is 67.6 Å². The number of likely N-dealkylation sites (tertiary alicyclic amines) is 1. The first-order valence-corrected chi connectivity index (χ1v) is 10.8. The summed E-state index contributed by atoms with van der Waals surface area (Å²) in [7, 11) is 0. The van der Waals surface area contributed by atoms with Crippen molar-refractivity contribution >= 4 is 5.91 Å². The van der Waals surface area contributed by atoms with Gasteiger partial charge in [0, 0.05) is 39.0 Å². The van der Waals surface area contributed by atoms with Crippen LogP contribution in [-0.4, -0.2) is 49.2 Å². The molecule has 0 radical (unpaired) electrons. The van der Waals surface area contributed by atoms with Crippen LogP contribution in [0.15, 0.2) is 35.1 Å². The molecule has 0 aliphatic carbocycles. The number of amides is 1. The largest absolute Gasteiger partial charge is 0.352 e. The average molecular weight is 424 g/mol. The quantitative estimate of drug-likeness (QED) is 0.572. The summed E-state index contributed by atoms with van der Waals surface area (Å²) in [6.45, 7) is 8.35. The van der Waals surface area contributed by atoms with Crippen molar-refractivity contribution in [2.45, 2.75) is 46.2 Å². The van der Waals surface area contributed by atoms with E-state index in [0.29, 0.717) is 30.5 Å². The molecule has 164 valence electrons. The second-order valence-corrected chi connectivity index (χ2v) is 8.53. The molecule has 3 heterocycles. The molecule has 0 saturated carbocycles. The lowest BCUT2D eigenvalue weighted by molar-refractivity contribution is -0.121. The molecular weight excluding hydrogens is 394 g/mol. The Morgan fingerprint density at radius 2 is 2.00 bits per heavy atom. The summed E-state index contributed by atoms with van der Waals surface area (Å²) >= 11 is 0. The van der Waals surface area contributed by atoms with Crippen molar-refractivity contribution in [1.29, 1.82) is 0 Å². The zero-order valence-electron chi connectivity index (χ0n) is 18.0. The number of nitrogens with zero attached hydrogens (tertiary/aromatic N) is 5. The van der Waals surface area contributed by atoms with Crippen LogP contribution < -0.4 is 5.32 Å². The Labute approximate surface area is 181 Å². The van der Waals surface area contributed by atoms with Gasteiger partial charge in [0.25, 0.3) is 0 Å². The Balaban J connectivity index is 1.27. The van der Waals surface area contributed by atoms with Gasteiger partial charge in [-0.15, -0.1) is 0 Å². The summed E-state index contributed by atoms with van der Waals surface area (Å²) in [6.07, 6.45) is 3.33. The van der Waals surface area contributed by atoms with Crippen molar-refractivity contribution in [1.82, 2.24) is 35.5 Å². The minimum absolute atomic E-state index is 0.0468. The zero-order chi connectivity index (χ0) is 21.6. The second kappa shape index (κ2) is 9.82. The van der Waals surface area contributed by atoms with Gasteiger partial charge in [-0.3, -0.25) is 14.8 Å². The molecule has 2 aromatic heterocycles. The predicted octanol–water partition coefficient (Wildman–Crippen LogP) is 2.58. The van der Waals surface area contributed by atoms with Crippen LogP contribution in [-0.2, 0) is 24.3 Å².